The van der Waals surface area contributed by atoms with E-state index in [0.717, 1.165) is 17.0 Å². The summed E-state index contributed by atoms with van der Waals surface area (Å²) >= 11 is 0. The normalized spacial score (nSPS) is 10.8. The van der Waals surface area contributed by atoms with Gasteiger partial charge in [-0.1, -0.05) is 0 Å². The minimum Gasteiger partial charge on any atom is -0.508 e. The second-order valence-electron chi connectivity index (χ2n) is 5.11. The van der Waals surface area contributed by atoms with Crippen LogP contribution in [0.5, 0.6) is 5.75 Å². The Hall–Kier alpha value is -3.02. The molecule has 22 heavy (non-hydrogen) atoms. The first-order chi connectivity index (χ1) is 10.5. The number of pyridine rings is 1. The van der Waals surface area contributed by atoms with Crippen LogP contribution >= 0.6 is 0 Å². The number of rotatable bonds is 3. The van der Waals surface area contributed by atoms with Gasteiger partial charge < -0.3 is 20.0 Å². The van der Waals surface area contributed by atoms with Crippen molar-refractivity contribution >= 4 is 22.5 Å². The molecule has 0 bridgehead atoms. The van der Waals surface area contributed by atoms with Crippen LogP contribution in [0.15, 0.2) is 47.4 Å². The largest absolute Gasteiger partial charge is 0.508 e. The van der Waals surface area contributed by atoms with E-state index in [1.165, 1.54) is 10.6 Å². The Morgan fingerprint density at radius 3 is 2.86 bits per heavy atom. The van der Waals surface area contributed by atoms with Crippen molar-refractivity contribution in [3.05, 3.63) is 58.6 Å². The van der Waals surface area contributed by atoms with Crippen LogP contribution < -0.4 is 10.9 Å². The van der Waals surface area contributed by atoms with E-state index in [1.807, 2.05) is 24.4 Å². The molecule has 112 valence electrons. The quantitative estimate of drug-likeness (QED) is 0.691. The van der Waals surface area contributed by atoms with Crippen molar-refractivity contribution in [1.29, 1.82) is 0 Å². The maximum Gasteiger partial charge on any atom is 0.254 e. The molecule has 0 spiro atoms. The molecule has 0 saturated heterocycles. The molecule has 0 aliphatic heterocycles. The number of benzene rings is 1. The lowest BCUT2D eigenvalue weighted by Gasteiger charge is -2.10. The summed E-state index contributed by atoms with van der Waals surface area (Å²) in [6.07, 6.45) is 1.83. The number of anilines is 1. The van der Waals surface area contributed by atoms with Crippen LogP contribution in [0.3, 0.4) is 0 Å². The van der Waals surface area contributed by atoms with E-state index in [2.05, 4.69) is 10.3 Å². The average molecular weight is 297 g/mol. The fourth-order valence-corrected chi connectivity index (χ4v) is 2.39. The minimum absolute atomic E-state index is 0.0999. The molecule has 0 atom stereocenters. The number of aryl methyl sites for hydroxylation is 1. The number of amides is 1. The third-order valence-corrected chi connectivity index (χ3v) is 3.46. The molecule has 0 saturated carbocycles. The van der Waals surface area contributed by atoms with E-state index in [0.29, 0.717) is 11.4 Å². The topological polar surface area (TPSA) is 87.1 Å². The van der Waals surface area contributed by atoms with Crippen molar-refractivity contribution in [1.82, 2.24) is 9.55 Å². The van der Waals surface area contributed by atoms with E-state index >= 15 is 0 Å². The standard InChI is InChI=1S/C16H15N3O3/c1-10-6-13(20)8-16(22)19(10)9-15(21)18-12-2-3-14-11(7-12)4-5-17-14/h2-8,17,20H,9H2,1H3,(H,18,21). The molecule has 3 rings (SSSR count). The van der Waals surface area contributed by atoms with E-state index in [-0.39, 0.29) is 18.2 Å². The Bertz CT molecular complexity index is 908. The smallest absolute Gasteiger partial charge is 0.254 e. The fraction of sp³-hybridized carbons (Fsp3) is 0.125. The van der Waals surface area contributed by atoms with Crippen LogP contribution in [-0.2, 0) is 11.3 Å². The minimum atomic E-state index is -0.409. The first-order valence-electron chi connectivity index (χ1n) is 6.80. The van der Waals surface area contributed by atoms with Gasteiger partial charge in [0.2, 0.25) is 5.91 Å². The number of hydrogen-bond donors (Lipinski definition) is 3. The number of aromatic amines is 1. The lowest BCUT2D eigenvalue weighted by molar-refractivity contribution is -0.116. The number of aromatic nitrogens is 2. The molecule has 0 fully saturated rings. The summed E-state index contributed by atoms with van der Waals surface area (Å²) in [5.41, 5.74) is 1.78. The fourth-order valence-electron chi connectivity index (χ4n) is 2.39. The zero-order valence-electron chi connectivity index (χ0n) is 12.0. The second kappa shape index (κ2) is 5.40. The summed E-state index contributed by atoms with van der Waals surface area (Å²) in [4.78, 5) is 27.0. The molecule has 2 aromatic heterocycles. The highest BCUT2D eigenvalue weighted by Crippen LogP contribution is 2.17. The highest BCUT2D eigenvalue weighted by molar-refractivity contribution is 5.93. The van der Waals surface area contributed by atoms with Gasteiger partial charge in [-0.15, -0.1) is 0 Å². The molecule has 3 aromatic rings. The molecule has 3 N–H and O–H groups in total. The lowest BCUT2D eigenvalue weighted by atomic mass is 10.2. The van der Waals surface area contributed by atoms with Crippen LogP contribution in [0.2, 0.25) is 0 Å². The molecule has 2 heterocycles. The van der Waals surface area contributed by atoms with Gasteiger partial charge in [-0.05, 0) is 37.3 Å². The maximum absolute atomic E-state index is 12.1. The third kappa shape index (κ3) is 2.71. The van der Waals surface area contributed by atoms with E-state index < -0.39 is 5.56 Å². The number of fused-ring (bicyclic) bond motifs is 1. The van der Waals surface area contributed by atoms with Gasteiger partial charge in [-0.3, -0.25) is 9.59 Å². The molecule has 0 aliphatic rings. The van der Waals surface area contributed by atoms with Crippen molar-refractivity contribution in [3.63, 3.8) is 0 Å². The summed E-state index contributed by atoms with van der Waals surface area (Å²) in [6, 6.07) is 9.98. The van der Waals surface area contributed by atoms with Crippen molar-refractivity contribution in [3.8, 4) is 5.75 Å². The summed E-state index contributed by atoms with van der Waals surface area (Å²) in [7, 11) is 0. The molecule has 1 aromatic carbocycles. The van der Waals surface area contributed by atoms with Crippen molar-refractivity contribution in [2.75, 3.05) is 5.32 Å². The van der Waals surface area contributed by atoms with E-state index in [4.69, 9.17) is 0 Å². The molecule has 0 unspecified atom stereocenters. The van der Waals surface area contributed by atoms with E-state index in [9.17, 15) is 14.7 Å². The van der Waals surface area contributed by atoms with E-state index in [1.54, 1.807) is 13.0 Å². The zero-order chi connectivity index (χ0) is 15.7. The third-order valence-electron chi connectivity index (χ3n) is 3.46. The first-order valence-corrected chi connectivity index (χ1v) is 6.80. The molecule has 0 aliphatic carbocycles. The Labute approximate surface area is 126 Å². The highest BCUT2D eigenvalue weighted by Gasteiger charge is 2.09. The van der Waals surface area contributed by atoms with Crippen molar-refractivity contribution in [2.24, 2.45) is 0 Å². The molecule has 6 heteroatoms. The van der Waals surface area contributed by atoms with Gasteiger partial charge >= 0.3 is 0 Å². The maximum atomic E-state index is 12.1. The van der Waals surface area contributed by atoms with Crippen LogP contribution in [-0.4, -0.2) is 20.6 Å². The number of nitrogens with one attached hydrogen (secondary N) is 2. The van der Waals surface area contributed by atoms with Crippen molar-refractivity contribution < 1.29 is 9.90 Å². The summed E-state index contributed by atoms with van der Waals surface area (Å²) < 4.78 is 1.31. The highest BCUT2D eigenvalue weighted by atomic mass is 16.3. The number of nitrogens with zero attached hydrogens (tertiary/aromatic N) is 1. The lowest BCUT2D eigenvalue weighted by Crippen LogP contribution is -2.28. The zero-order valence-corrected chi connectivity index (χ0v) is 12.0. The van der Waals surface area contributed by atoms with Gasteiger partial charge in [0.05, 0.1) is 0 Å². The summed E-state index contributed by atoms with van der Waals surface area (Å²) in [6.45, 7) is 1.57. The monoisotopic (exact) mass is 297 g/mol. The Morgan fingerprint density at radius 1 is 1.27 bits per heavy atom. The molecular formula is C16H15N3O3. The van der Waals surface area contributed by atoms with Gasteiger partial charge in [0, 0.05) is 34.5 Å². The molecule has 1 amide bonds. The van der Waals surface area contributed by atoms with Crippen LogP contribution in [0.1, 0.15) is 5.69 Å². The van der Waals surface area contributed by atoms with Crippen LogP contribution in [0, 0.1) is 6.92 Å². The summed E-state index contributed by atoms with van der Waals surface area (Å²) in [5, 5.41) is 13.1. The van der Waals surface area contributed by atoms with Crippen molar-refractivity contribution in [2.45, 2.75) is 13.5 Å². The number of H-pyrrole nitrogens is 1. The molecule has 6 nitrogen and oxygen atoms in total. The Morgan fingerprint density at radius 2 is 2.09 bits per heavy atom. The van der Waals surface area contributed by atoms with Gasteiger partial charge in [0.25, 0.3) is 5.56 Å². The average Bonchev–Trinajstić information content (AvgIpc) is 2.90. The number of aromatic hydroxyl groups is 1. The number of hydrogen-bond acceptors (Lipinski definition) is 3. The van der Waals surface area contributed by atoms with Gasteiger partial charge in [0.15, 0.2) is 0 Å². The van der Waals surface area contributed by atoms with Crippen LogP contribution in [0.4, 0.5) is 5.69 Å². The number of carbonyl (C=O) groups is 1. The molecular weight excluding hydrogens is 282 g/mol. The molecule has 0 radical (unpaired) electrons. The second-order valence-corrected chi connectivity index (χ2v) is 5.11. The van der Waals surface area contributed by atoms with Gasteiger partial charge in [-0.25, -0.2) is 0 Å². The predicted octanol–water partition coefficient (Wildman–Crippen LogP) is 1.98. The first kappa shape index (κ1) is 13.9. The predicted molar refractivity (Wildman–Crippen MR) is 84.0 cm³/mol. The SMILES string of the molecule is Cc1cc(O)cc(=O)n1CC(=O)Nc1ccc2[nH]ccc2c1. The van der Waals surface area contributed by atoms with Gasteiger partial charge in [-0.2, -0.15) is 0 Å². The van der Waals surface area contributed by atoms with Crippen LogP contribution in [0.25, 0.3) is 10.9 Å². The number of carbonyl (C=O) groups excluding carboxylic acids is 1. The van der Waals surface area contributed by atoms with Gasteiger partial charge in [0.1, 0.15) is 12.3 Å². The summed E-state index contributed by atoms with van der Waals surface area (Å²) in [5.74, 6) is -0.400. The Kier molecular flexibility index (Phi) is 3.42. The Balaban J connectivity index is 1.79.